The summed E-state index contributed by atoms with van der Waals surface area (Å²) < 4.78 is 1.11. The molecule has 0 saturated heterocycles. The van der Waals surface area contributed by atoms with Crippen LogP contribution in [0.5, 0.6) is 0 Å². The molecule has 0 bridgehead atoms. The van der Waals surface area contributed by atoms with Crippen molar-refractivity contribution in [3.8, 4) is 0 Å². The summed E-state index contributed by atoms with van der Waals surface area (Å²) in [6.45, 7) is 2.04. The molecule has 1 heterocycles. The Morgan fingerprint density at radius 3 is 2.78 bits per heavy atom. The molecular weight excluding hydrogens is 324 g/mol. The molecule has 2 aromatic carbocycles. The van der Waals surface area contributed by atoms with Crippen LogP contribution >= 0.6 is 23.1 Å². The lowest BCUT2D eigenvalue weighted by atomic mass is 10.2. The van der Waals surface area contributed by atoms with Crippen LogP contribution in [0.3, 0.4) is 0 Å². The number of benzene rings is 2. The summed E-state index contributed by atoms with van der Waals surface area (Å²) in [5.41, 5.74) is 2.12. The maximum Gasteiger partial charge on any atom is 0.226 e. The summed E-state index contributed by atoms with van der Waals surface area (Å²) in [7, 11) is 0. The molecule has 0 atom stereocenters. The Morgan fingerprint density at radius 2 is 2.00 bits per heavy atom. The van der Waals surface area contributed by atoms with Gasteiger partial charge < -0.3 is 5.32 Å². The molecule has 0 radical (unpaired) electrons. The predicted molar refractivity (Wildman–Crippen MR) is 99.4 cm³/mol. The maximum absolute atomic E-state index is 12.0. The quantitative estimate of drug-likeness (QED) is 0.499. The average molecular weight is 342 g/mol. The number of rotatable bonds is 6. The summed E-state index contributed by atoms with van der Waals surface area (Å²) in [6, 6.07) is 16.3. The van der Waals surface area contributed by atoms with Crippen molar-refractivity contribution in [3.63, 3.8) is 0 Å². The second-order valence-corrected chi connectivity index (χ2v) is 7.45. The molecule has 0 unspecified atom stereocenters. The van der Waals surface area contributed by atoms with E-state index in [1.807, 2.05) is 43.3 Å². The number of carbonyl (C=O) groups excluding carboxylic acids is 1. The Morgan fingerprint density at radius 1 is 1.17 bits per heavy atom. The van der Waals surface area contributed by atoms with E-state index in [2.05, 4.69) is 22.4 Å². The SMILES string of the molecule is Cc1cccc2sc(NC(=O)CCCSc3ccccc3)nc12. The maximum atomic E-state index is 12.0. The van der Waals surface area contributed by atoms with E-state index < -0.39 is 0 Å². The molecule has 0 fully saturated rings. The highest BCUT2D eigenvalue weighted by Crippen LogP contribution is 2.28. The van der Waals surface area contributed by atoms with Crippen molar-refractivity contribution >= 4 is 44.4 Å². The Bertz CT molecular complexity index is 799. The number of aromatic nitrogens is 1. The highest BCUT2D eigenvalue weighted by atomic mass is 32.2. The number of hydrogen-bond donors (Lipinski definition) is 1. The zero-order valence-corrected chi connectivity index (χ0v) is 14.5. The molecule has 0 saturated carbocycles. The third kappa shape index (κ3) is 4.33. The predicted octanol–water partition coefficient (Wildman–Crippen LogP) is 5.12. The van der Waals surface area contributed by atoms with Gasteiger partial charge in [-0.25, -0.2) is 4.98 Å². The van der Waals surface area contributed by atoms with Crippen LogP contribution in [0.2, 0.25) is 0 Å². The largest absolute Gasteiger partial charge is 0.302 e. The van der Waals surface area contributed by atoms with E-state index in [1.165, 1.54) is 16.2 Å². The van der Waals surface area contributed by atoms with Gasteiger partial charge in [-0.1, -0.05) is 41.7 Å². The number of nitrogens with zero attached hydrogens (tertiary/aromatic N) is 1. The van der Waals surface area contributed by atoms with Crippen molar-refractivity contribution in [3.05, 3.63) is 54.1 Å². The molecule has 1 N–H and O–H groups in total. The van der Waals surface area contributed by atoms with Crippen LogP contribution in [0.25, 0.3) is 10.2 Å². The number of aryl methyl sites for hydroxylation is 1. The van der Waals surface area contributed by atoms with Crippen LogP contribution in [0.15, 0.2) is 53.4 Å². The van der Waals surface area contributed by atoms with Gasteiger partial charge in [0.15, 0.2) is 5.13 Å². The van der Waals surface area contributed by atoms with E-state index in [-0.39, 0.29) is 5.91 Å². The second kappa shape index (κ2) is 7.62. The molecule has 1 aromatic heterocycles. The minimum Gasteiger partial charge on any atom is -0.302 e. The fourth-order valence-corrected chi connectivity index (χ4v) is 4.09. The van der Waals surface area contributed by atoms with E-state index in [0.29, 0.717) is 11.6 Å². The average Bonchev–Trinajstić information content (AvgIpc) is 2.96. The van der Waals surface area contributed by atoms with Gasteiger partial charge in [0.25, 0.3) is 0 Å². The second-order valence-electron chi connectivity index (χ2n) is 5.25. The van der Waals surface area contributed by atoms with Crippen molar-refractivity contribution in [2.45, 2.75) is 24.7 Å². The van der Waals surface area contributed by atoms with Crippen molar-refractivity contribution in [2.75, 3.05) is 11.1 Å². The van der Waals surface area contributed by atoms with E-state index in [4.69, 9.17) is 0 Å². The zero-order valence-electron chi connectivity index (χ0n) is 12.9. The number of hydrogen-bond acceptors (Lipinski definition) is 4. The van der Waals surface area contributed by atoms with Gasteiger partial charge in [-0.05, 0) is 42.9 Å². The highest BCUT2D eigenvalue weighted by Gasteiger charge is 2.09. The summed E-state index contributed by atoms with van der Waals surface area (Å²) in [5, 5.41) is 3.61. The fraction of sp³-hybridized carbons (Fsp3) is 0.222. The first-order valence-electron chi connectivity index (χ1n) is 7.56. The van der Waals surface area contributed by atoms with Crippen LogP contribution < -0.4 is 5.32 Å². The van der Waals surface area contributed by atoms with Gasteiger partial charge in [-0.15, -0.1) is 11.8 Å². The minimum absolute atomic E-state index is 0.0374. The van der Waals surface area contributed by atoms with Gasteiger partial charge in [0.1, 0.15) is 0 Å². The molecule has 1 amide bonds. The molecule has 118 valence electrons. The van der Waals surface area contributed by atoms with Crippen molar-refractivity contribution in [2.24, 2.45) is 0 Å². The Hall–Kier alpha value is -1.85. The molecule has 23 heavy (non-hydrogen) atoms. The fourth-order valence-electron chi connectivity index (χ4n) is 2.26. The third-order valence-electron chi connectivity index (χ3n) is 3.43. The van der Waals surface area contributed by atoms with Crippen LogP contribution in [0.4, 0.5) is 5.13 Å². The first-order valence-corrected chi connectivity index (χ1v) is 9.36. The number of amides is 1. The highest BCUT2D eigenvalue weighted by molar-refractivity contribution is 7.99. The number of thiazole rings is 1. The van der Waals surface area contributed by atoms with E-state index in [0.717, 1.165) is 28.0 Å². The van der Waals surface area contributed by atoms with Crippen molar-refractivity contribution in [1.82, 2.24) is 4.98 Å². The van der Waals surface area contributed by atoms with E-state index in [1.54, 1.807) is 11.8 Å². The Kier molecular flexibility index (Phi) is 5.31. The van der Waals surface area contributed by atoms with Crippen LogP contribution in [-0.2, 0) is 4.79 Å². The molecule has 0 aliphatic rings. The van der Waals surface area contributed by atoms with Gasteiger partial charge in [-0.2, -0.15) is 0 Å². The third-order valence-corrected chi connectivity index (χ3v) is 5.46. The first kappa shape index (κ1) is 16.0. The van der Waals surface area contributed by atoms with Crippen molar-refractivity contribution in [1.29, 1.82) is 0 Å². The van der Waals surface area contributed by atoms with Gasteiger partial charge >= 0.3 is 0 Å². The van der Waals surface area contributed by atoms with E-state index >= 15 is 0 Å². The number of nitrogens with one attached hydrogen (secondary N) is 1. The molecule has 3 nitrogen and oxygen atoms in total. The van der Waals surface area contributed by atoms with E-state index in [9.17, 15) is 4.79 Å². The molecule has 5 heteroatoms. The molecule has 0 aliphatic carbocycles. The van der Waals surface area contributed by atoms with Gasteiger partial charge in [0.2, 0.25) is 5.91 Å². The summed E-state index contributed by atoms with van der Waals surface area (Å²) in [5.74, 6) is 0.978. The van der Waals surface area contributed by atoms with Gasteiger partial charge in [0, 0.05) is 11.3 Å². The van der Waals surface area contributed by atoms with Crippen molar-refractivity contribution < 1.29 is 4.79 Å². The summed E-state index contributed by atoms with van der Waals surface area (Å²) in [6.07, 6.45) is 1.38. The molecule has 3 aromatic rings. The number of para-hydroxylation sites is 1. The smallest absolute Gasteiger partial charge is 0.226 e. The van der Waals surface area contributed by atoms with Gasteiger partial charge in [-0.3, -0.25) is 4.79 Å². The minimum atomic E-state index is 0.0374. The molecule has 0 spiro atoms. The lowest BCUT2D eigenvalue weighted by Crippen LogP contribution is -2.11. The number of fused-ring (bicyclic) bond motifs is 1. The summed E-state index contributed by atoms with van der Waals surface area (Å²) in [4.78, 5) is 17.8. The number of carbonyl (C=O) groups is 1. The lowest BCUT2D eigenvalue weighted by molar-refractivity contribution is -0.116. The standard InChI is InChI=1S/C18H18N2OS2/c1-13-7-5-10-15-17(13)20-18(23-15)19-16(21)11-6-12-22-14-8-3-2-4-9-14/h2-5,7-10H,6,11-12H2,1H3,(H,19,20,21). The molecule has 3 rings (SSSR count). The normalized spacial score (nSPS) is 10.8. The van der Waals surface area contributed by atoms with Crippen LogP contribution in [0.1, 0.15) is 18.4 Å². The summed E-state index contributed by atoms with van der Waals surface area (Å²) >= 11 is 3.31. The lowest BCUT2D eigenvalue weighted by Gasteiger charge is -2.02. The molecule has 0 aliphatic heterocycles. The van der Waals surface area contributed by atoms with Crippen LogP contribution in [-0.4, -0.2) is 16.6 Å². The van der Waals surface area contributed by atoms with Gasteiger partial charge in [0.05, 0.1) is 10.2 Å². The number of thioether (sulfide) groups is 1. The topological polar surface area (TPSA) is 42.0 Å². The Balaban J connectivity index is 1.48. The number of anilines is 1. The van der Waals surface area contributed by atoms with Crippen LogP contribution in [0, 0.1) is 6.92 Å². The zero-order chi connectivity index (χ0) is 16.1. The Labute approximate surface area is 144 Å². The first-order chi connectivity index (χ1) is 11.2. The molecular formula is C18H18N2OS2. The monoisotopic (exact) mass is 342 g/mol.